The van der Waals surface area contributed by atoms with Crippen molar-refractivity contribution >= 4 is 20.9 Å². The Morgan fingerprint density at radius 2 is 1.86 bits per heavy atom. The minimum absolute atomic E-state index is 0.0822. The highest BCUT2D eigenvalue weighted by molar-refractivity contribution is 8.33. The van der Waals surface area contributed by atoms with E-state index < -0.39 is 15.6 Å². The van der Waals surface area contributed by atoms with Crippen LogP contribution in [0.2, 0.25) is 0 Å². The molecule has 4 rings (SSSR count). The molecule has 2 heterocycles. The van der Waals surface area contributed by atoms with Crippen LogP contribution in [-0.2, 0) is 5.75 Å². The third kappa shape index (κ3) is 3.37. The minimum Gasteiger partial charge on any atom is -0.394 e. The van der Waals surface area contributed by atoms with Crippen LogP contribution < -0.4 is 5.32 Å². The predicted molar refractivity (Wildman–Crippen MR) is 118 cm³/mol. The molecule has 0 aliphatic carbocycles. The average Bonchev–Trinajstić information content (AvgIpc) is 3.30. The third-order valence-corrected chi connectivity index (χ3v) is 10.0. The maximum Gasteiger partial charge on any atom is 0.0633 e. The van der Waals surface area contributed by atoms with Crippen LogP contribution in [0.25, 0.3) is 10.9 Å². The van der Waals surface area contributed by atoms with Gasteiger partial charge in [-0.2, -0.15) is 10.0 Å². The molecule has 1 aliphatic heterocycles. The van der Waals surface area contributed by atoms with Gasteiger partial charge >= 0.3 is 0 Å². The van der Waals surface area contributed by atoms with Crippen LogP contribution in [0.15, 0.2) is 59.6 Å². The van der Waals surface area contributed by atoms with Crippen molar-refractivity contribution in [3.63, 3.8) is 0 Å². The second-order valence-corrected chi connectivity index (χ2v) is 11.8. The van der Waals surface area contributed by atoms with Crippen molar-refractivity contribution < 1.29 is 10.2 Å². The molecule has 0 amide bonds. The molecule has 0 saturated heterocycles. The van der Waals surface area contributed by atoms with E-state index in [1.807, 2.05) is 13.1 Å². The molecule has 4 N–H and O–H groups in total. The highest BCUT2D eigenvalue weighted by Crippen LogP contribution is 2.68. The standard InChI is InChI=1S/C23H30N2O2S/c1-17-12-28(13-18-6-4-3-5-7-18,16-25-23(2,14-26)15-27)22-19(17)8-9-21-20(22)10-11-24-21/h3-11,17,24-27H,12-16H2,1-2H3. The van der Waals surface area contributed by atoms with E-state index in [1.165, 1.54) is 26.9 Å². The van der Waals surface area contributed by atoms with Crippen molar-refractivity contribution in [2.75, 3.05) is 24.8 Å². The van der Waals surface area contributed by atoms with Gasteiger partial charge in [-0.3, -0.25) is 5.32 Å². The van der Waals surface area contributed by atoms with Gasteiger partial charge in [-0.1, -0.05) is 43.3 Å². The van der Waals surface area contributed by atoms with Gasteiger partial charge in [0.15, 0.2) is 0 Å². The Balaban J connectivity index is 1.82. The zero-order valence-corrected chi connectivity index (χ0v) is 17.4. The van der Waals surface area contributed by atoms with Crippen molar-refractivity contribution in [2.24, 2.45) is 0 Å². The minimum atomic E-state index is -1.23. The lowest BCUT2D eigenvalue weighted by Crippen LogP contribution is -2.50. The maximum atomic E-state index is 9.80. The first-order valence-electron chi connectivity index (χ1n) is 9.87. The summed E-state index contributed by atoms with van der Waals surface area (Å²) in [5.41, 5.74) is 3.32. The van der Waals surface area contributed by atoms with Gasteiger partial charge in [0, 0.05) is 33.6 Å². The SMILES string of the molecule is CC1CS(CNC(C)(CO)CO)(Cc2ccccc2)c2c1ccc1[nH]ccc21. The third-order valence-electron chi connectivity index (χ3n) is 6.01. The molecule has 0 radical (unpaired) electrons. The summed E-state index contributed by atoms with van der Waals surface area (Å²) in [7, 11) is -1.23. The fraction of sp³-hybridized carbons (Fsp3) is 0.391. The number of benzene rings is 2. The highest BCUT2D eigenvalue weighted by Gasteiger charge is 2.40. The molecule has 5 heteroatoms. The molecule has 150 valence electrons. The second kappa shape index (κ2) is 7.56. The summed E-state index contributed by atoms with van der Waals surface area (Å²) in [5, 5.41) is 24.5. The Bertz CT molecular complexity index is 952. The van der Waals surface area contributed by atoms with Crippen LogP contribution in [-0.4, -0.2) is 45.6 Å². The first-order chi connectivity index (χ1) is 13.5. The van der Waals surface area contributed by atoms with E-state index in [2.05, 4.69) is 65.8 Å². The number of H-pyrrole nitrogens is 1. The number of fused-ring (bicyclic) bond motifs is 3. The Morgan fingerprint density at radius 1 is 1.11 bits per heavy atom. The molecule has 2 atom stereocenters. The summed E-state index contributed by atoms with van der Waals surface area (Å²) in [5.74, 6) is 3.43. The quantitative estimate of drug-likeness (QED) is 0.487. The monoisotopic (exact) mass is 398 g/mol. The fourth-order valence-corrected chi connectivity index (χ4v) is 9.12. The highest BCUT2D eigenvalue weighted by atomic mass is 32.3. The summed E-state index contributed by atoms with van der Waals surface area (Å²) >= 11 is 0. The van der Waals surface area contributed by atoms with Gasteiger partial charge in [-0.05, 0) is 41.9 Å². The summed E-state index contributed by atoms with van der Waals surface area (Å²) in [6.07, 6.45) is 2.03. The van der Waals surface area contributed by atoms with E-state index in [0.717, 1.165) is 17.4 Å². The van der Waals surface area contributed by atoms with Crippen LogP contribution >= 0.6 is 10.0 Å². The molecule has 0 spiro atoms. The van der Waals surface area contributed by atoms with Gasteiger partial charge in [0.05, 0.1) is 18.8 Å². The summed E-state index contributed by atoms with van der Waals surface area (Å²) in [6.45, 7) is 4.05. The van der Waals surface area contributed by atoms with Crippen LogP contribution in [0.5, 0.6) is 0 Å². The fourth-order valence-electron chi connectivity index (χ4n) is 4.33. The van der Waals surface area contributed by atoms with Crippen molar-refractivity contribution in [3.05, 3.63) is 65.9 Å². The van der Waals surface area contributed by atoms with E-state index in [1.54, 1.807) is 0 Å². The molecule has 0 bridgehead atoms. The second-order valence-electron chi connectivity index (χ2n) is 8.36. The number of aliphatic hydroxyl groups is 2. The number of aliphatic hydroxyl groups excluding tert-OH is 2. The molecule has 2 unspecified atom stereocenters. The van der Waals surface area contributed by atoms with E-state index in [0.29, 0.717) is 5.92 Å². The van der Waals surface area contributed by atoms with E-state index in [4.69, 9.17) is 0 Å². The summed E-state index contributed by atoms with van der Waals surface area (Å²) in [6, 6.07) is 17.4. The molecule has 1 aromatic heterocycles. The number of aromatic amines is 1. The molecule has 0 saturated carbocycles. The Morgan fingerprint density at radius 3 is 2.57 bits per heavy atom. The van der Waals surface area contributed by atoms with Crippen molar-refractivity contribution in [1.82, 2.24) is 10.3 Å². The molecule has 28 heavy (non-hydrogen) atoms. The topological polar surface area (TPSA) is 68.3 Å². The average molecular weight is 399 g/mol. The number of rotatable bonds is 7. The van der Waals surface area contributed by atoms with Gasteiger partial charge < -0.3 is 15.2 Å². The van der Waals surface area contributed by atoms with Crippen LogP contribution in [0, 0.1) is 0 Å². The molecule has 2 aromatic carbocycles. The summed E-state index contributed by atoms with van der Waals surface area (Å²) < 4.78 is 0. The lowest BCUT2D eigenvalue weighted by molar-refractivity contribution is 0.109. The largest absolute Gasteiger partial charge is 0.394 e. The van der Waals surface area contributed by atoms with Crippen molar-refractivity contribution in [3.8, 4) is 0 Å². The van der Waals surface area contributed by atoms with Gasteiger partial charge in [0.1, 0.15) is 0 Å². The zero-order valence-electron chi connectivity index (χ0n) is 16.6. The number of hydrogen-bond acceptors (Lipinski definition) is 3. The van der Waals surface area contributed by atoms with Gasteiger partial charge in [0.2, 0.25) is 0 Å². The first kappa shape index (κ1) is 19.5. The van der Waals surface area contributed by atoms with E-state index in [-0.39, 0.29) is 13.2 Å². The van der Waals surface area contributed by atoms with Gasteiger partial charge in [-0.15, -0.1) is 0 Å². The smallest absolute Gasteiger partial charge is 0.0633 e. The molecule has 3 aromatic rings. The predicted octanol–water partition coefficient (Wildman–Crippen LogP) is 3.94. The lowest BCUT2D eigenvalue weighted by Gasteiger charge is -2.41. The summed E-state index contributed by atoms with van der Waals surface area (Å²) in [4.78, 5) is 4.87. The van der Waals surface area contributed by atoms with E-state index in [9.17, 15) is 10.2 Å². The lowest BCUT2D eigenvalue weighted by atomic mass is 10.0. The Hall–Kier alpha value is -1.79. The Labute approximate surface area is 168 Å². The number of nitrogens with one attached hydrogen (secondary N) is 2. The van der Waals surface area contributed by atoms with Crippen LogP contribution in [0.4, 0.5) is 0 Å². The molecular formula is C23H30N2O2S. The van der Waals surface area contributed by atoms with Crippen LogP contribution in [0.1, 0.15) is 30.9 Å². The van der Waals surface area contributed by atoms with Crippen molar-refractivity contribution in [2.45, 2.75) is 36.0 Å². The van der Waals surface area contributed by atoms with Gasteiger partial charge in [-0.25, -0.2) is 0 Å². The first-order valence-corrected chi connectivity index (χ1v) is 12.0. The number of hydrogen-bond donors (Lipinski definition) is 4. The molecule has 1 aliphatic rings. The van der Waals surface area contributed by atoms with Gasteiger partial charge in [0.25, 0.3) is 0 Å². The zero-order chi connectivity index (χ0) is 19.8. The van der Waals surface area contributed by atoms with Crippen LogP contribution in [0.3, 0.4) is 0 Å². The van der Waals surface area contributed by atoms with E-state index >= 15 is 0 Å². The van der Waals surface area contributed by atoms with Crippen molar-refractivity contribution in [1.29, 1.82) is 0 Å². The molecule has 4 nitrogen and oxygen atoms in total. The normalized spacial score (nSPS) is 24.2. The molecular weight excluding hydrogens is 368 g/mol. The molecule has 0 fully saturated rings. The number of aromatic nitrogens is 1. The maximum absolute atomic E-state index is 9.80. The Kier molecular flexibility index (Phi) is 5.27.